The van der Waals surface area contributed by atoms with Crippen LogP contribution in [0.4, 0.5) is 0 Å². The maximum absolute atomic E-state index is 13.1. The van der Waals surface area contributed by atoms with Gasteiger partial charge >= 0.3 is 11.7 Å². The average Bonchev–Trinajstić information content (AvgIpc) is 3.39. The highest BCUT2D eigenvalue weighted by Crippen LogP contribution is 2.42. The van der Waals surface area contributed by atoms with Crippen molar-refractivity contribution < 1.29 is 9.53 Å². The lowest BCUT2D eigenvalue weighted by molar-refractivity contribution is -0.150. The van der Waals surface area contributed by atoms with Crippen LogP contribution in [0.25, 0.3) is 11.2 Å². The molecule has 0 radical (unpaired) electrons. The second kappa shape index (κ2) is 7.75. The Morgan fingerprint density at radius 2 is 1.80 bits per heavy atom. The minimum Gasteiger partial charge on any atom is -0.463 e. The van der Waals surface area contributed by atoms with Crippen molar-refractivity contribution in [1.82, 2.24) is 18.7 Å². The number of benzene rings is 1. The van der Waals surface area contributed by atoms with Gasteiger partial charge in [-0.15, -0.1) is 0 Å². The summed E-state index contributed by atoms with van der Waals surface area (Å²) in [5.41, 5.74) is 0.0283. The molecule has 0 bridgehead atoms. The summed E-state index contributed by atoms with van der Waals surface area (Å²) < 4.78 is 9.65. The third-order valence-electron chi connectivity index (χ3n) is 6.03. The first kappa shape index (κ1) is 20.4. The average molecular weight is 431 g/mol. The van der Waals surface area contributed by atoms with E-state index >= 15 is 0 Å². The van der Waals surface area contributed by atoms with Gasteiger partial charge in [0.05, 0.1) is 18.3 Å². The Hall–Kier alpha value is -2.87. The van der Waals surface area contributed by atoms with E-state index in [2.05, 4.69) is 4.98 Å². The monoisotopic (exact) mass is 430 g/mol. The van der Waals surface area contributed by atoms with Gasteiger partial charge in [0.15, 0.2) is 11.2 Å². The molecule has 2 heterocycles. The molecule has 0 saturated heterocycles. The number of ether oxygens (including phenoxy) is 1. The Balaban J connectivity index is 1.54. The summed E-state index contributed by atoms with van der Waals surface area (Å²) in [6.07, 6.45) is 4.90. The molecule has 1 aromatic carbocycles. The predicted molar refractivity (Wildman–Crippen MR) is 113 cm³/mol. The van der Waals surface area contributed by atoms with E-state index in [9.17, 15) is 14.4 Å². The molecule has 8 nitrogen and oxygen atoms in total. The normalized spacial score (nSPS) is 15.6. The number of nitrogens with zero attached hydrogens (tertiary/aromatic N) is 4. The minimum absolute atomic E-state index is 0.103. The third kappa shape index (κ3) is 3.25. The fraction of sp³-hybridized carbons (Fsp3) is 0.429. The molecule has 0 N–H and O–H groups in total. The molecule has 9 heteroatoms. The van der Waals surface area contributed by atoms with Crippen LogP contribution in [0.3, 0.4) is 0 Å². The molecule has 0 unspecified atom stereocenters. The second-order valence-electron chi connectivity index (χ2n) is 7.75. The van der Waals surface area contributed by atoms with Gasteiger partial charge in [-0.2, -0.15) is 0 Å². The van der Waals surface area contributed by atoms with E-state index in [0.29, 0.717) is 16.2 Å². The standard InChI is InChI=1S/C21H23ClN4O4/c1-24-17-16(18(27)25(2)20(24)29)26(13-23-17)11-12-30-19(28)21(9-3-4-10-21)14-5-7-15(22)8-6-14/h5-8,13H,3-4,9-12H2,1-2H3. The Morgan fingerprint density at radius 3 is 2.47 bits per heavy atom. The van der Waals surface area contributed by atoms with Gasteiger partial charge < -0.3 is 9.30 Å². The van der Waals surface area contributed by atoms with E-state index in [0.717, 1.165) is 35.8 Å². The van der Waals surface area contributed by atoms with Crippen LogP contribution < -0.4 is 11.2 Å². The second-order valence-corrected chi connectivity index (χ2v) is 8.18. The Kier molecular flexibility index (Phi) is 5.27. The molecule has 1 aliphatic rings. The summed E-state index contributed by atoms with van der Waals surface area (Å²) in [6, 6.07) is 7.37. The molecule has 30 heavy (non-hydrogen) atoms. The molecule has 0 atom stereocenters. The summed E-state index contributed by atoms with van der Waals surface area (Å²) in [7, 11) is 2.99. The summed E-state index contributed by atoms with van der Waals surface area (Å²) in [4.78, 5) is 41.8. The number of esters is 1. The fourth-order valence-corrected chi connectivity index (χ4v) is 4.43. The third-order valence-corrected chi connectivity index (χ3v) is 6.28. The molecule has 0 aliphatic heterocycles. The molecule has 0 amide bonds. The van der Waals surface area contributed by atoms with Crippen LogP contribution in [0, 0.1) is 0 Å². The smallest absolute Gasteiger partial charge is 0.332 e. The van der Waals surface area contributed by atoms with E-state index in [4.69, 9.17) is 16.3 Å². The van der Waals surface area contributed by atoms with E-state index in [1.165, 1.54) is 17.9 Å². The first-order valence-corrected chi connectivity index (χ1v) is 10.3. The van der Waals surface area contributed by atoms with Crippen LogP contribution in [0.5, 0.6) is 0 Å². The SMILES string of the molecule is Cn1c(=O)c2c(ncn2CCOC(=O)C2(c3ccc(Cl)cc3)CCCC2)n(C)c1=O. The molecule has 1 aliphatic carbocycles. The Bertz CT molecular complexity index is 1220. The van der Waals surface area contributed by atoms with Crippen molar-refractivity contribution in [3.8, 4) is 0 Å². The van der Waals surface area contributed by atoms with Crippen LogP contribution in [-0.4, -0.2) is 31.3 Å². The first-order chi connectivity index (χ1) is 14.3. The van der Waals surface area contributed by atoms with Crippen LogP contribution >= 0.6 is 11.6 Å². The van der Waals surface area contributed by atoms with Crippen molar-refractivity contribution >= 4 is 28.7 Å². The van der Waals surface area contributed by atoms with E-state index in [1.807, 2.05) is 12.1 Å². The highest BCUT2D eigenvalue weighted by atomic mass is 35.5. The van der Waals surface area contributed by atoms with Crippen molar-refractivity contribution in [2.45, 2.75) is 37.6 Å². The molecule has 3 aromatic rings. The lowest BCUT2D eigenvalue weighted by Crippen LogP contribution is -2.38. The van der Waals surface area contributed by atoms with E-state index in [1.54, 1.807) is 23.7 Å². The minimum atomic E-state index is -0.651. The van der Waals surface area contributed by atoms with Crippen molar-refractivity contribution in [2.75, 3.05) is 6.61 Å². The summed E-state index contributed by atoms with van der Waals surface area (Å²) >= 11 is 6.00. The van der Waals surface area contributed by atoms with Crippen LogP contribution in [-0.2, 0) is 35.6 Å². The van der Waals surface area contributed by atoms with Gasteiger partial charge in [0.1, 0.15) is 6.61 Å². The first-order valence-electron chi connectivity index (χ1n) is 9.89. The topological polar surface area (TPSA) is 88.1 Å². The predicted octanol–water partition coefficient (Wildman–Crippen LogP) is 2.14. The highest BCUT2D eigenvalue weighted by molar-refractivity contribution is 6.30. The number of aryl methyl sites for hydroxylation is 1. The Morgan fingerprint density at radius 1 is 1.13 bits per heavy atom. The molecule has 4 rings (SSSR count). The molecular weight excluding hydrogens is 408 g/mol. The van der Waals surface area contributed by atoms with E-state index in [-0.39, 0.29) is 19.1 Å². The maximum Gasteiger partial charge on any atom is 0.332 e. The van der Waals surface area contributed by atoms with Gasteiger partial charge in [-0.05, 0) is 30.5 Å². The van der Waals surface area contributed by atoms with Crippen molar-refractivity contribution in [1.29, 1.82) is 0 Å². The number of hydrogen-bond acceptors (Lipinski definition) is 5. The number of fused-ring (bicyclic) bond motifs is 1. The van der Waals surface area contributed by atoms with Crippen molar-refractivity contribution in [3.05, 3.63) is 62.0 Å². The zero-order chi connectivity index (χ0) is 21.5. The molecular formula is C21H23ClN4O4. The number of imidazole rings is 1. The zero-order valence-electron chi connectivity index (χ0n) is 16.9. The number of carbonyl (C=O) groups excluding carboxylic acids is 1. The molecule has 1 fully saturated rings. The van der Waals surface area contributed by atoms with Gasteiger partial charge in [-0.25, -0.2) is 9.78 Å². The largest absolute Gasteiger partial charge is 0.463 e. The fourth-order valence-electron chi connectivity index (χ4n) is 4.30. The van der Waals surface area contributed by atoms with Gasteiger partial charge in [0.25, 0.3) is 5.56 Å². The van der Waals surface area contributed by atoms with Gasteiger partial charge in [-0.3, -0.25) is 18.7 Å². The number of halogens is 1. The van der Waals surface area contributed by atoms with Crippen LogP contribution in [0.2, 0.25) is 5.02 Å². The zero-order valence-corrected chi connectivity index (χ0v) is 17.7. The number of carbonyl (C=O) groups is 1. The summed E-state index contributed by atoms with van der Waals surface area (Å²) in [6.45, 7) is 0.373. The molecule has 0 spiro atoms. The highest BCUT2D eigenvalue weighted by Gasteiger charge is 2.44. The molecule has 1 saturated carbocycles. The van der Waals surface area contributed by atoms with Crippen LogP contribution in [0.1, 0.15) is 31.2 Å². The van der Waals surface area contributed by atoms with E-state index < -0.39 is 16.7 Å². The summed E-state index contributed by atoms with van der Waals surface area (Å²) in [5.74, 6) is -0.257. The van der Waals surface area contributed by atoms with Gasteiger partial charge in [0, 0.05) is 19.1 Å². The van der Waals surface area contributed by atoms with Gasteiger partial charge in [0.2, 0.25) is 0 Å². The quantitative estimate of drug-likeness (QED) is 0.579. The van der Waals surface area contributed by atoms with Crippen molar-refractivity contribution in [3.63, 3.8) is 0 Å². The number of aromatic nitrogens is 4. The number of rotatable bonds is 5. The maximum atomic E-state index is 13.1. The summed E-state index contributed by atoms with van der Waals surface area (Å²) in [5, 5.41) is 0.628. The molecule has 158 valence electrons. The lowest BCUT2D eigenvalue weighted by atomic mass is 9.79. The van der Waals surface area contributed by atoms with Crippen LogP contribution in [0.15, 0.2) is 40.2 Å². The number of hydrogen-bond donors (Lipinski definition) is 0. The van der Waals surface area contributed by atoms with Crippen molar-refractivity contribution in [2.24, 2.45) is 14.1 Å². The Labute approximate surface area is 177 Å². The molecule has 2 aromatic heterocycles. The lowest BCUT2D eigenvalue weighted by Gasteiger charge is -2.27. The van der Waals surface area contributed by atoms with Gasteiger partial charge in [-0.1, -0.05) is 36.6 Å².